The molecule has 0 amide bonds. The predicted molar refractivity (Wildman–Crippen MR) is 74.7 cm³/mol. The van der Waals surface area contributed by atoms with Crippen LogP contribution in [0.3, 0.4) is 0 Å². The molecule has 5 heteroatoms. The molecule has 0 fully saturated rings. The van der Waals surface area contributed by atoms with Crippen LogP contribution in [-0.2, 0) is 10.5 Å². The van der Waals surface area contributed by atoms with Gasteiger partial charge in [0.2, 0.25) is 0 Å². The summed E-state index contributed by atoms with van der Waals surface area (Å²) in [5.74, 6) is -0.181. The number of carboxylic acid groups (broad SMARTS) is 1. The molecule has 96 valence electrons. The van der Waals surface area contributed by atoms with Gasteiger partial charge in [0.05, 0.1) is 0 Å². The molecule has 17 heavy (non-hydrogen) atoms. The van der Waals surface area contributed by atoms with Crippen molar-refractivity contribution in [1.29, 1.82) is 0 Å². The quantitative estimate of drug-likeness (QED) is 0.867. The normalized spacial score (nSPS) is 12.6. The predicted octanol–water partition coefficient (Wildman–Crippen LogP) is 2.53. The standard InChI is InChI=1S/C12H17NO2S.ClH/c1-12(2,10(13)11(14)15)16-8-9-6-4-3-5-7-9;/h3-7,10H,8,13H2,1-2H3,(H,14,15);1H. The molecule has 0 heterocycles. The van der Waals surface area contributed by atoms with Gasteiger partial charge in [-0.15, -0.1) is 24.2 Å². The van der Waals surface area contributed by atoms with E-state index in [-0.39, 0.29) is 12.4 Å². The van der Waals surface area contributed by atoms with E-state index in [0.29, 0.717) is 0 Å². The summed E-state index contributed by atoms with van der Waals surface area (Å²) in [6.07, 6.45) is 0. The Labute approximate surface area is 112 Å². The van der Waals surface area contributed by atoms with E-state index in [9.17, 15) is 4.79 Å². The Bertz CT molecular complexity index is 357. The van der Waals surface area contributed by atoms with E-state index < -0.39 is 16.8 Å². The van der Waals surface area contributed by atoms with Crippen molar-refractivity contribution in [2.24, 2.45) is 5.73 Å². The number of carbonyl (C=O) groups is 1. The van der Waals surface area contributed by atoms with Crippen LogP contribution < -0.4 is 5.73 Å². The fourth-order valence-electron chi connectivity index (χ4n) is 1.23. The zero-order valence-corrected chi connectivity index (χ0v) is 11.6. The third kappa shape index (κ3) is 4.98. The first kappa shape index (κ1) is 16.3. The Kier molecular flexibility index (Phi) is 6.60. The molecule has 0 aliphatic heterocycles. The maximum absolute atomic E-state index is 10.8. The molecule has 0 aliphatic rings. The zero-order chi connectivity index (χ0) is 12.2. The van der Waals surface area contributed by atoms with Crippen molar-refractivity contribution >= 4 is 30.1 Å². The van der Waals surface area contributed by atoms with Crippen molar-refractivity contribution < 1.29 is 9.90 Å². The second kappa shape index (κ2) is 6.89. The molecule has 3 nitrogen and oxygen atoms in total. The highest BCUT2D eigenvalue weighted by Crippen LogP contribution is 2.30. The van der Waals surface area contributed by atoms with Crippen molar-refractivity contribution in [2.75, 3.05) is 0 Å². The van der Waals surface area contributed by atoms with Gasteiger partial charge in [-0.2, -0.15) is 0 Å². The zero-order valence-electron chi connectivity index (χ0n) is 9.92. The molecular weight excluding hydrogens is 258 g/mol. The summed E-state index contributed by atoms with van der Waals surface area (Å²) in [6, 6.07) is 9.11. The lowest BCUT2D eigenvalue weighted by atomic mass is 10.1. The molecule has 1 aromatic rings. The molecule has 1 aromatic carbocycles. The van der Waals surface area contributed by atoms with Crippen molar-refractivity contribution in [2.45, 2.75) is 30.4 Å². The number of hydrogen-bond donors (Lipinski definition) is 2. The lowest BCUT2D eigenvalue weighted by molar-refractivity contribution is -0.139. The number of carboxylic acids is 1. The first-order valence-electron chi connectivity index (χ1n) is 5.10. The number of rotatable bonds is 5. The summed E-state index contributed by atoms with van der Waals surface area (Å²) in [7, 11) is 0. The lowest BCUT2D eigenvalue weighted by Crippen LogP contribution is -2.46. The summed E-state index contributed by atoms with van der Waals surface area (Å²) in [5, 5.41) is 8.88. The molecule has 0 radical (unpaired) electrons. The molecule has 1 unspecified atom stereocenters. The smallest absolute Gasteiger partial charge is 0.321 e. The first-order valence-corrected chi connectivity index (χ1v) is 6.08. The Morgan fingerprint density at radius 1 is 1.41 bits per heavy atom. The highest BCUT2D eigenvalue weighted by molar-refractivity contribution is 7.99. The number of nitrogens with two attached hydrogens (primary N) is 1. The van der Waals surface area contributed by atoms with E-state index in [1.54, 1.807) is 11.8 Å². The average molecular weight is 276 g/mol. The first-order chi connectivity index (χ1) is 7.43. The van der Waals surface area contributed by atoms with Gasteiger partial charge in [-0.3, -0.25) is 4.79 Å². The van der Waals surface area contributed by atoms with E-state index in [2.05, 4.69) is 0 Å². The average Bonchev–Trinajstić information content (AvgIpc) is 2.27. The molecule has 0 spiro atoms. The van der Waals surface area contributed by atoms with Gasteiger partial charge in [0.1, 0.15) is 6.04 Å². The summed E-state index contributed by atoms with van der Waals surface area (Å²) >= 11 is 1.56. The van der Waals surface area contributed by atoms with E-state index in [1.165, 1.54) is 5.56 Å². The van der Waals surface area contributed by atoms with E-state index in [1.807, 2.05) is 44.2 Å². The van der Waals surface area contributed by atoms with Gasteiger partial charge in [-0.05, 0) is 19.4 Å². The van der Waals surface area contributed by atoms with Crippen LogP contribution >= 0.6 is 24.2 Å². The number of hydrogen-bond acceptors (Lipinski definition) is 3. The monoisotopic (exact) mass is 275 g/mol. The topological polar surface area (TPSA) is 63.3 Å². The second-order valence-corrected chi connectivity index (χ2v) is 5.82. The Balaban J connectivity index is 0.00000256. The van der Waals surface area contributed by atoms with Gasteiger partial charge >= 0.3 is 5.97 Å². The molecule has 0 saturated carbocycles. The van der Waals surface area contributed by atoms with Crippen LogP contribution in [0.25, 0.3) is 0 Å². The highest BCUT2D eigenvalue weighted by Gasteiger charge is 2.32. The molecule has 3 N–H and O–H groups in total. The SMILES string of the molecule is CC(C)(SCc1ccccc1)C(N)C(=O)O.Cl. The molecule has 0 aliphatic carbocycles. The molecule has 0 bridgehead atoms. The fourth-order valence-corrected chi connectivity index (χ4v) is 2.24. The Morgan fingerprint density at radius 2 is 1.94 bits per heavy atom. The van der Waals surface area contributed by atoms with Crippen LogP contribution in [-0.4, -0.2) is 21.9 Å². The molecule has 1 rings (SSSR count). The number of thioether (sulfide) groups is 1. The minimum Gasteiger partial charge on any atom is -0.480 e. The summed E-state index contributed by atoms with van der Waals surface area (Å²) in [4.78, 5) is 10.8. The maximum Gasteiger partial charge on any atom is 0.321 e. The number of benzene rings is 1. The second-order valence-electron chi connectivity index (χ2n) is 4.19. The summed E-state index contributed by atoms with van der Waals surface area (Å²) < 4.78 is -0.471. The van der Waals surface area contributed by atoms with Gasteiger partial charge in [0.25, 0.3) is 0 Å². The lowest BCUT2D eigenvalue weighted by Gasteiger charge is -2.27. The molecule has 0 saturated heterocycles. The summed E-state index contributed by atoms with van der Waals surface area (Å²) in [6.45, 7) is 3.72. The minimum atomic E-state index is -0.953. The van der Waals surface area contributed by atoms with E-state index in [0.717, 1.165) is 5.75 Å². The van der Waals surface area contributed by atoms with E-state index in [4.69, 9.17) is 10.8 Å². The van der Waals surface area contributed by atoms with Crippen molar-refractivity contribution in [3.63, 3.8) is 0 Å². The van der Waals surface area contributed by atoms with Crippen molar-refractivity contribution in [3.8, 4) is 0 Å². The van der Waals surface area contributed by atoms with Gasteiger partial charge in [0, 0.05) is 10.5 Å². The van der Waals surface area contributed by atoms with Crippen LogP contribution in [0.2, 0.25) is 0 Å². The third-order valence-electron chi connectivity index (χ3n) is 2.47. The minimum absolute atomic E-state index is 0. The van der Waals surface area contributed by atoms with Crippen LogP contribution in [0, 0.1) is 0 Å². The van der Waals surface area contributed by atoms with Crippen LogP contribution in [0.4, 0.5) is 0 Å². The van der Waals surface area contributed by atoms with Crippen LogP contribution in [0.5, 0.6) is 0 Å². The highest BCUT2D eigenvalue weighted by atomic mass is 35.5. The van der Waals surface area contributed by atoms with Crippen molar-refractivity contribution in [1.82, 2.24) is 0 Å². The number of halogens is 1. The Morgan fingerprint density at radius 3 is 2.41 bits per heavy atom. The van der Waals surface area contributed by atoms with Gasteiger partial charge in [0.15, 0.2) is 0 Å². The van der Waals surface area contributed by atoms with Crippen molar-refractivity contribution in [3.05, 3.63) is 35.9 Å². The van der Waals surface area contributed by atoms with Gasteiger partial charge in [-0.25, -0.2) is 0 Å². The summed E-state index contributed by atoms with van der Waals surface area (Å²) in [5.41, 5.74) is 6.82. The third-order valence-corrected chi connectivity index (χ3v) is 3.94. The van der Waals surface area contributed by atoms with E-state index >= 15 is 0 Å². The maximum atomic E-state index is 10.8. The Hall–Kier alpha value is -0.710. The fraction of sp³-hybridized carbons (Fsp3) is 0.417. The largest absolute Gasteiger partial charge is 0.480 e. The van der Waals surface area contributed by atoms with Gasteiger partial charge < -0.3 is 10.8 Å². The van der Waals surface area contributed by atoms with Crippen LogP contribution in [0.15, 0.2) is 30.3 Å². The molecule has 1 atom stereocenters. The van der Waals surface area contributed by atoms with Crippen LogP contribution in [0.1, 0.15) is 19.4 Å². The molecule has 0 aromatic heterocycles. The number of aliphatic carboxylic acids is 1. The molecular formula is C12H18ClNO2S. The van der Waals surface area contributed by atoms with Gasteiger partial charge in [-0.1, -0.05) is 30.3 Å².